The third kappa shape index (κ3) is 3.37. The van der Waals surface area contributed by atoms with Crippen LogP contribution in [-0.4, -0.2) is 44.3 Å². The molecular formula is C16H22O8. The first kappa shape index (κ1) is 18.2. The molecule has 2 rings (SSSR count). The normalized spacial score (nSPS) is 36.7. The van der Waals surface area contributed by atoms with Crippen LogP contribution in [0, 0.1) is 35.5 Å². The number of hydrogen-bond acceptors (Lipinski definition) is 4. The van der Waals surface area contributed by atoms with E-state index in [2.05, 4.69) is 0 Å². The summed E-state index contributed by atoms with van der Waals surface area (Å²) in [6.07, 6.45) is 1.84. The Labute approximate surface area is 138 Å². The van der Waals surface area contributed by atoms with Crippen molar-refractivity contribution in [2.45, 2.75) is 38.5 Å². The molecule has 2 aliphatic carbocycles. The van der Waals surface area contributed by atoms with Crippen LogP contribution in [0.2, 0.25) is 0 Å². The first-order valence-electron chi connectivity index (χ1n) is 8.17. The van der Waals surface area contributed by atoms with Crippen molar-refractivity contribution in [1.29, 1.82) is 0 Å². The fourth-order valence-corrected chi connectivity index (χ4v) is 4.67. The van der Waals surface area contributed by atoms with E-state index in [1.807, 2.05) is 0 Å². The molecule has 0 saturated heterocycles. The van der Waals surface area contributed by atoms with Crippen LogP contribution in [0.3, 0.4) is 0 Å². The highest BCUT2D eigenvalue weighted by Gasteiger charge is 2.53. The van der Waals surface area contributed by atoms with Crippen LogP contribution >= 0.6 is 0 Å². The number of rotatable bonds is 5. The largest absolute Gasteiger partial charge is 0.481 e. The lowest BCUT2D eigenvalue weighted by molar-refractivity contribution is -0.169. The van der Waals surface area contributed by atoms with Gasteiger partial charge in [0.15, 0.2) is 0 Å². The summed E-state index contributed by atoms with van der Waals surface area (Å²) in [4.78, 5) is 46.6. The molecule has 0 heterocycles. The Morgan fingerprint density at radius 2 is 0.708 bits per heavy atom. The molecule has 0 bridgehead atoms. The molecule has 0 aromatic rings. The summed E-state index contributed by atoms with van der Waals surface area (Å²) in [5, 5.41) is 38.0. The Balaban J connectivity index is 2.50. The zero-order valence-corrected chi connectivity index (χ0v) is 13.1. The van der Waals surface area contributed by atoms with Gasteiger partial charge in [-0.2, -0.15) is 0 Å². The highest BCUT2D eigenvalue weighted by Crippen LogP contribution is 2.49. The number of hydrogen-bond donors (Lipinski definition) is 4. The van der Waals surface area contributed by atoms with Gasteiger partial charge in [0.1, 0.15) is 0 Å². The third-order valence-electron chi connectivity index (χ3n) is 5.63. The predicted octanol–water partition coefficient (Wildman–Crippen LogP) is 1.39. The Kier molecular flexibility index (Phi) is 5.46. The molecule has 0 aromatic heterocycles. The average Bonchev–Trinajstić information content (AvgIpc) is 2.52. The van der Waals surface area contributed by atoms with Gasteiger partial charge in [0.05, 0.1) is 23.7 Å². The average molecular weight is 342 g/mol. The summed E-state index contributed by atoms with van der Waals surface area (Å²) in [7, 11) is 0. The molecule has 134 valence electrons. The number of carboxylic acid groups (broad SMARTS) is 4. The monoisotopic (exact) mass is 342 g/mol. The van der Waals surface area contributed by atoms with E-state index in [0.717, 1.165) is 0 Å². The molecule has 4 unspecified atom stereocenters. The van der Waals surface area contributed by atoms with E-state index in [1.165, 1.54) is 0 Å². The summed E-state index contributed by atoms with van der Waals surface area (Å²) in [6.45, 7) is 0. The Hall–Kier alpha value is -2.12. The van der Waals surface area contributed by atoms with Crippen LogP contribution in [0.4, 0.5) is 0 Å². The van der Waals surface area contributed by atoms with E-state index < -0.39 is 59.4 Å². The lowest BCUT2D eigenvalue weighted by Crippen LogP contribution is -2.50. The number of carbonyl (C=O) groups is 4. The van der Waals surface area contributed by atoms with Crippen LogP contribution in [0.15, 0.2) is 0 Å². The third-order valence-corrected chi connectivity index (χ3v) is 5.63. The molecule has 0 radical (unpaired) electrons. The van der Waals surface area contributed by atoms with Gasteiger partial charge >= 0.3 is 23.9 Å². The SMILES string of the molecule is O=C(O)C1CCCC(C(=O)O)C1C1C(C(=O)O)CCCC1C(=O)O. The molecule has 24 heavy (non-hydrogen) atoms. The van der Waals surface area contributed by atoms with Crippen molar-refractivity contribution in [3.63, 3.8) is 0 Å². The zero-order chi connectivity index (χ0) is 18.0. The Morgan fingerprint density at radius 3 is 0.875 bits per heavy atom. The van der Waals surface area contributed by atoms with Gasteiger partial charge in [-0.05, 0) is 37.5 Å². The van der Waals surface area contributed by atoms with Crippen LogP contribution in [0.1, 0.15) is 38.5 Å². The van der Waals surface area contributed by atoms with Crippen LogP contribution in [0.25, 0.3) is 0 Å². The maximum absolute atomic E-state index is 11.6. The van der Waals surface area contributed by atoms with Crippen LogP contribution in [-0.2, 0) is 19.2 Å². The summed E-state index contributed by atoms with van der Waals surface area (Å²) < 4.78 is 0. The van der Waals surface area contributed by atoms with E-state index >= 15 is 0 Å². The smallest absolute Gasteiger partial charge is 0.306 e. The molecular weight excluding hydrogens is 320 g/mol. The van der Waals surface area contributed by atoms with E-state index in [4.69, 9.17) is 0 Å². The van der Waals surface area contributed by atoms with Crippen LogP contribution < -0.4 is 0 Å². The van der Waals surface area contributed by atoms with Crippen molar-refractivity contribution in [2.75, 3.05) is 0 Å². The molecule has 4 atom stereocenters. The van der Waals surface area contributed by atoms with E-state index in [1.54, 1.807) is 0 Å². The second-order valence-corrected chi connectivity index (χ2v) is 6.80. The first-order chi connectivity index (χ1) is 11.3. The predicted molar refractivity (Wildman–Crippen MR) is 79.2 cm³/mol. The minimum atomic E-state index is -1.18. The fraction of sp³-hybridized carbons (Fsp3) is 0.750. The van der Waals surface area contributed by atoms with E-state index in [0.29, 0.717) is 12.8 Å². The molecule has 8 heteroatoms. The van der Waals surface area contributed by atoms with Gasteiger partial charge in [-0.25, -0.2) is 0 Å². The van der Waals surface area contributed by atoms with Gasteiger partial charge in [0.25, 0.3) is 0 Å². The molecule has 2 saturated carbocycles. The van der Waals surface area contributed by atoms with Gasteiger partial charge in [0.2, 0.25) is 0 Å². The molecule has 2 aliphatic rings. The van der Waals surface area contributed by atoms with Crippen molar-refractivity contribution in [1.82, 2.24) is 0 Å². The summed E-state index contributed by atoms with van der Waals surface area (Å²) in [5.41, 5.74) is 0. The second kappa shape index (κ2) is 7.19. The van der Waals surface area contributed by atoms with Gasteiger partial charge in [-0.3, -0.25) is 19.2 Å². The van der Waals surface area contributed by atoms with Crippen molar-refractivity contribution < 1.29 is 39.6 Å². The highest BCUT2D eigenvalue weighted by molar-refractivity contribution is 5.78. The van der Waals surface area contributed by atoms with Crippen LogP contribution in [0.5, 0.6) is 0 Å². The van der Waals surface area contributed by atoms with Gasteiger partial charge in [-0.15, -0.1) is 0 Å². The molecule has 0 aliphatic heterocycles. The standard InChI is InChI=1S/C16H22O8/c17-13(18)7-3-1-4-8(14(19)20)11(7)12-9(15(21)22)5-2-6-10(12)16(23)24/h7-12H,1-6H2,(H,17,18)(H,19,20)(H,21,22)(H,23,24). The molecule has 2 fully saturated rings. The highest BCUT2D eigenvalue weighted by atomic mass is 16.4. The van der Waals surface area contributed by atoms with Crippen molar-refractivity contribution in [3.05, 3.63) is 0 Å². The molecule has 0 amide bonds. The summed E-state index contributed by atoms with van der Waals surface area (Å²) in [6, 6.07) is 0. The topological polar surface area (TPSA) is 149 Å². The fourth-order valence-electron chi connectivity index (χ4n) is 4.67. The van der Waals surface area contributed by atoms with Crippen molar-refractivity contribution in [3.8, 4) is 0 Å². The van der Waals surface area contributed by atoms with Crippen molar-refractivity contribution >= 4 is 23.9 Å². The second-order valence-electron chi connectivity index (χ2n) is 6.80. The Bertz CT molecular complexity index is 450. The van der Waals surface area contributed by atoms with Gasteiger partial charge < -0.3 is 20.4 Å². The minimum Gasteiger partial charge on any atom is -0.481 e. The van der Waals surface area contributed by atoms with E-state index in [9.17, 15) is 39.6 Å². The quantitative estimate of drug-likeness (QED) is 0.585. The lowest BCUT2D eigenvalue weighted by Gasteiger charge is -2.45. The number of carboxylic acids is 4. The maximum Gasteiger partial charge on any atom is 0.306 e. The molecule has 0 spiro atoms. The summed E-state index contributed by atoms with van der Waals surface area (Å²) >= 11 is 0. The maximum atomic E-state index is 11.6. The molecule has 8 nitrogen and oxygen atoms in total. The van der Waals surface area contributed by atoms with Gasteiger partial charge in [0, 0.05) is 0 Å². The van der Waals surface area contributed by atoms with Crippen molar-refractivity contribution in [2.24, 2.45) is 35.5 Å². The first-order valence-corrected chi connectivity index (χ1v) is 8.17. The minimum absolute atomic E-state index is 0.249. The van der Waals surface area contributed by atoms with Gasteiger partial charge in [-0.1, -0.05) is 12.8 Å². The zero-order valence-electron chi connectivity index (χ0n) is 13.1. The summed E-state index contributed by atoms with van der Waals surface area (Å²) in [5.74, 6) is -10.7. The lowest BCUT2D eigenvalue weighted by atomic mass is 9.57. The number of aliphatic carboxylic acids is 4. The van der Waals surface area contributed by atoms with E-state index in [-0.39, 0.29) is 25.7 Å². The Morgan fingerprint density at radius 1 is 0.500 bits per heavy atom. The molecule has 0 aromatic carbocycles. The molecule has 4 N–H and O–H groups in total.